The standard InChI is InChI=1S/C13H16N2/c1-9-3-2-4-11-6-12-5-10(7-14)8-15(12)13(9)11/h2-4,6,10H,5,7-8,14H2,1H3. The third-order valence-electron chi connectivity index (χ3n) is 3.48. The average molecular weight is 200 g/mol. The molecule has 0 amide bonds. The number of nitrogens with zero attached hydrogens (tertiary/aromatic N) is 1. The number of aromatic nitrogens is 1. The van der Waals surface area contributed by atoms with Gasteiger partial charge in [-0.3, -0.25) is 0 Å². The second-order valence-electron chi connectivity index (χ2n) is 4.56. The second kappa shape index (κ2) is 3.11. The van der Waals surface area contributed by atoms with E-state index >= 15 is 0 Å². The van der Waals surface area contributed by atoms with Gasteiger partial charge in [0.2, 0.25) is 0 Å². The van der Waals surface area contributed by atoms with Crippen LogP contribution in [0.1, 0.15) is 11.3 Å². The molecule has 0 fully saturated rings. The van der Waals surface area contributed by atoms with Gasteiger partial charge in [0.15, 0.2) is 0 Å². The first-order chi connectivity index (χ1) is 7.29. The highest BCUT2D eigenvalue weighted by Crippen LogP contribution is 2.30. The van der Waals surface area contributed by atoms with E-state index in [1.54, 1.807) is 0 Å². The zero-order valence-electron chi connectivity index (χ0n) is 9.03. The van der Waals surface area contributed by atoms with Crippen LogP contribution >= 0.6 is 0 Å². The van der Waals surface area contributed by atoms with E-state index < -0.39 is 0 Å². The number of nitrogens with two attached hydrogens (primary N) is 1. The minimum Gasteiger partial charge on any atom is -0.344 e. The van der Waals surface area contributed by atoms with Crippen LogP contribution in [0.5, 0.6) is 0 Å². The number of hydrogen-bond acceptors (Lipinski definition) is 1. The zero-order chi connectivity index (χ0) is 10.4. The summed E-state index contributed by atoms with van der Waals surface area (Å²) in [5.74, 6) is 0.643. The van der Waals surface area contributed by atoms with Crippen LogP contribution < -0.4 is 5.73 Å². The Morgan fingerprint density at radius 2 is 2.33 bits per heavy atom. The molecule has 0 bridgehead atoms. The first kappa shape index (κ1) is 8.98. The van der Waals surface area contributed by atoms with Crippen molar-refractivity contribution in [2.75, 3.05) is 6.54 Å². The summed E-state index contributed by atoms with van der Waals surface area (Å²) in [6.45, 7) is 4.08. The van der Waals surface area contributed by atoms with Gasteiger partial charge in [-0.15, -0.1) is 0 Å². The van der Waals surface area contributed by atoms with Crippen LogP contribution in [0.2, 0.25) is 0 Å². The summed E-state index contributed by atoms with van der Waals surface area (Å²) < 4.78 is 2.45. The minimum absolute atomic E-state index is 0.643. The SMILES string of the molecule is Cc1cccc2cc3n(c12)CC(CN)C3. The molecule has 2 nitrogen and oxygen atoms in total. The molecular formula is C13H16N2. The topological polar surface area (TPSA) is 30.9 Å². The predicted molar refractivity (Wildman–Crippen MR) is 62.9 cm³/mol. The summed E-state index contributed by atoms with van der Waals surface area (Å²) in [5.41, 5.74) is 9.97. The Kier molecular flexibility index (Phi) is 1.86. The van der Waals surface area contributed by atoms with E-state index in [4.69, 9.17) is 5.73 Å². The Balaban J connectivity index is 2.21. The maximum Gasteiger partial charge on any atom is 0.0512 e. The van der Waals surface area contributed by atoms with Crippen molar-refractivity contribution in [3.63, 3.8) is 0 Å². The molecule has 0 saturated heterocycles. The van der Waals surface area contributed by atoms with Gasteiger partial charge in [0.25, 0.3) is 0 Å². The molecule has 1 aliphatic heterocycles. The molecule has 1 aromatic heterocycles. The van der Waals surface area contributed by atoms with Gasteiger partial charge in [-0.05, 0) is 37.4 Å². The fraction of sp³-hybridized carbons (Fsp3) is 0.385. The molecule has 0 spiro atoms. The molecule has 2 heteroatoms. The van der Waals surface area contributed by atoms with Gasteiger partial charge in [0, 0.05) is 17.6 Å². The van der Waals surface area contributed by atoms with Gasteiger partial charge in [-0.25, -0.2) is 0 Å². The first-order valence-corrected chi connectivity index (χ1v) is 5.57. The van der Waals surface area contributed by atoms with Crippen LogP contribution in [0, 0.1) is 12.8 Å². The van der Waals surface area contributed by atoms with E-state index in [2.05, 4.69) is 35.8 Å². The highest BCUT2D eigenvalue weighted by atomic mass is 15.0. The molecule has 0 aliphatic carbocycles. The largest absolute Gasteiger partial charge is 0.344 e. The number of aryl methyl sites for hydroxylation is 1. The quantitative estimate of drug-likeness (QED) is 0.750. The summed E-state index contributed by atoms with van der Waals surface area (Å²) in [4.78, 5) is 0. The monoisotopic (exact) mass is 200 g/mol. The summed E-state index contributed by atoms with van der Waals surface area (Å²) >= 11 is 0. The lowest BCUT2D eigenvalue weighted by Crippen LogP contribution is -2.15. The van der Waals surface area contributed by atoms with Crippen LogP contribution in [-0.2, 0) is 13.0 Å². The Bertz CT molecular complexity index is 510. The van der Waals surface area contributed by atoms with Gasteiger partial charge in [0.1, 0.15) is 0 Å². The summed E-state index contributed by atoms with van der Waals surface area (Å²) in [7, 11) is 0. The lowest BCUT2D eigenvalue weighted by atomic mass is 10.1. The molecule has 1 atom stereocenters. The van der Waals surface area contributed by atoms with Crippen molar-refractivity contribution < 1.29 is 0 Å². The number of rotatable bonds is 1. The summed E-state index contributed by atoms with van der Waals surface area (Å²) in [5, 5.41) is 1.38. The molecule has 3 rings (SSSR count). The third-order valence-corrected chi connectivity index (χ3v) is 3.48. The number of benzene rings is 1. The molecule has 1 aromatic carbocycles. The van der Waals surface area contributed by atoms with E-state index in [1.165, 1.54) is 22.2 Å². The van der Waals surface area contributed by atoms with Crippen molar-refractivity contribution in [1.29, 1.82) is 0 Å². The van der Waals surface area contributed by atoms with E-state index in [0.717, 1.165) is 19.5 Å². The lowest BCUT2D eigenvalue weighted by molar-refractivity contribution is 0.530. The number of hydrogen-bond donors (Lipinski definition) is 1. The van der Waals surface area contributed by atoms with Crippen molar-refractivity contribution in [2.24, 2.45) is 11.7 Å². The highest BCUT2D eigenvalue weighted by Gasteiger charge is 2.22. The summed E-state index contributed by atoms with van der Waals surface area (Å²) in [6.07, 6.45) is 1.14. The Hall–Kier alpha value is -1.28. The molecule has 1 aliphatic rings. The average Bonchev–Trinajstić information content (AvgIpc) is 2.73. The lowest BCUT2D eigenvalue weighted by Gasteiger charge is -2.07. The van der Waals surface area contributed by atoms with Crippen LogP contribution in [0.4, 0.5) is 0 Å². The Labute approximate surface area is 89.7 Å². The number of para-hydroxylation sites is 1. The highest BCUT2D eigenvalue weighted by molar-refractivity contribution is 5.84. The molecule has 78 valence electrons. The normalized spacial score (nSPS) is 19.7. The van der Waals surface area contributed by atoms with Crippen LogP contribution in [0.3, 0.4) is 0 Å². The fourth-order valence-corrected chi connectivity index (χ4v) is 2.72. The zero-order valence-corrected chi connectivity index (χ0v) is 9.03. The first-order valence-electron chi connectivity index (χ1n) is 5.57. The second-order valence-corrected chi connectivity index (χ2v) is 4.56. The predicted octanol–water partition coefficient (Wildman–Crippen LogP) is 2.08. The molecule has 15 heavy (non-hydrogen) atoms. The Morgan fingerprint density at radius 3 is 3.13 bits per heavy atom. The molecule has 1 unspecified atom stereocenters. The van der Waals surface area contributed by atoms with Gasteiger partial charge in [-0.2, -0.15) is 0 Å². The van der Waals surface area contributed by atoms with E-state index in [9.17, 15) is 0 Å². The molecule has 0 radical (unpaired) electrons. The fourth-order valence-electron chi connectivity index (χ4n) is 2.72. The van der Waals surface area contributed by atoms with Crippen molar-refractivity contribution in [1.82, 2.24) is 4.57 Å². The third kappa shape index (κ3) is 1.21. The van der Waals surface area contributed by atoms with Crippen LogP contribution in [0.15, 0.2) is 24.3 Å². The van der Waals surface area contributed by atoms with E-state index in [1.807, 2.05) is 0 Å². The molecule has 2 aromatic rings. The van der Waals surface area contributed by atoms with Gasteiger partial charge < -0.3 is 10.3 Å². The van der Waals surface area contributed by atoms with E-state index in [0.29, 0.717) is 5.92 Å². The van der Waals surface area contributed by atoms with Gasteiger partial charge in [-0.1, -0.05) is 18.2 Å². The van der Waals surface area contributed by atoms with Crippen LogP contribution in [-0.4, -0.2) is 11.1 Å². The van der Waals surface area contributed by atoms with Crippen molar-refractivity contribution in [3.05, 3.63) is 35.5 Å². The Morgan fingerprint density at radius 1 is 1.47 bits per heavy atom. The van der Waals surface area contributed by atoms with Crippen molar-refractivity contribution in [2.45, 2.75) is 19.9 Å². The van der Waals surface area contributed by atoms with E-state index in [-0.39, 0.29) is 0 Å². The minimum atomic E-state index is 0.643. The smallest absolute Gasteiger partial charge is 0.0512 e. The molecule has 2 N–H and O–H groups in total. The maximum absolute atomic E-state index is 5.74. The van der Waals surface area contributed by atoms with Gasteiger partial charge >= 0.3 is 0 Å². The molecule has 2 heterocycles. The molecular weight excluding hydrogens is 184 g/mol. The molecule has 0 saturated carbocycles. The van der Waals surface area contributed by atoms with Crippen molar-refractivity contribution in [3.8, 4) is 0 Å². The van der Waals surface area contributed by atoms with Gasteiger partial charge in [0.05, 0.1) is 5.52 Å². The summed E-state index contributed by atoms with van der Waals surface area (Å²) in [6, 6.07) is 8.84. The maximum atomic E-state index is 5.74. The van der Waals surface area contributed by atoms with Crippen LogP contribution in [0.25, 0.3) is 10.9 Å². The number of fused-ring (bicyclic) bond motifs is 3. The van der Waals surface area contributed by atoms with Crippen molar-refractivity contribution >= 4 is 10.9 Å².